The lowest BCUT2D eigenvalue weighted by atomic mass is 10.1. The second-order valence-corrected chi connectivity index (χ2v) is 3.80. The third-order valence-corrected chi connectivity index (χ3v) is 2.75. The molecule has 0 aliphatic rings. The maximum absolute atomic E-state index is 12.1. The molecule has 17 heavy (non-hydrogen) atoms. The molecule has 0 N–H and O–H groups in total. The number of rotatable bonds is 4. The number of carbonyl (C=O) groups excluding carboxylic acids is 1. The second-order valence-electron chi connectivity index (χ2n) is 3.19. The minimum Gasteiger partial charge on any atom is -0.497 e. The Balaban J connectivity index is 2.41. The van der Waals surface area contributed by atoms with Gasteiger partial charge in [-0.2, -0.15) is 0 Å². The zero-order chi connectivity index (χ0) is 12.3. The highest BCUT2D eigenvalue weighted by molar-refractivity contribution is 7.03. The average molecular weight is 250 g/mol. The predicted molar refractivity (Wildman–Crippen MR) is 62.9 cm³/mol. The fraction of sp³-hybridized carbons (Fsp3) is 0.182. The van der Waals surface area contributed by atoms with E-state index in [4.69, 9.17) is 9.47 Å². The highest BCUT2D eigenvalue weighted by Gasteiger charge is 2.17. The van der Waals surface area contributed by atoms with Gasteiger partial charge in [-0.15, -0.1) is 5.10 Å². The van der Waals surface area contributed by atoms with Crippen molar-refractivity contribution in [2.24, 2.45) is 0 Å². The van der Waals surface area contributed by atoms with Crippen LogP contribution in [0.4, 0.5) is 0 Å². The van der Waals surface area contributed by atoms with Crippen LogP contribution in [0.15, 0.2) is 23.6 Å². The molecule has 1 heterocycles. The average Bonchev–Trinajstić information content (AvgIpc) is 2.91. The number of hydrogen-bond donors (Lipinski definition) is 0. The molecule has 2 aromatic rings. The molecule has 0 saturated carbocycles. The van der Waals surface area contributed by atoms with E-state index in [-0.39, 0.29) is 5.78 Å². The Bertz CT molecular complexity index is 526. The fourth-order valence-electron chi connectivity index (χ4n) is 1.39. The zero-order valence-corrected chi connectivity index (χ0v) is 10.2. The molecule has 6 heteroatoms. The van der Waals surface area contributed by atoms with Crippen LogP contribution in [0, 0.1) is 0 Å². The number of carbonyl (C=O) groups is 1. The van der Waals surface area contributed by atoms with Crippen LogP contribution in [0.1, 0.15) is 16.1 Å². The maximum Gasteiger partial charge on any atom is 0.217 e. The number of ketones is 1. The normalized spacial score (nSPS) is 10.0. The van der Waals surface area contributed by atoms with Crippen molar-refractivity contribution in [3.05, 3.63) is 34.8 Å². The summed E-state index contributed by atoms with van der Waals surface area (Å²) in [6.07, 6.45) is 0. The third kappa shape index (κ3) is 2.26. The minimum atomic E-state index is -0.210. The monoisotopic (exact) mass is 250 g/mol. The number of hydrogen-bond acceptors (Lipinski definition) is 6. The Morgan fingerprint density at radius 1 is 1.29 bits per heavy atom. The summed E-state index contributed by atoms with van der Waals surface area (Å²) in [6, 6.07) is 5.02. The van der Waals surface area contributed by atoms with Gasteiger partial charge in [0.25, 0.3) is 0 Å². The summed E-state index contributed by atoms with van der Waals surface area (Å²) in [6.45, 7) is 0. The molecule has 2 rings (SSSR count). The second kappa shape index (κ2) is 4.92. The lowest BCUT2D eigenvalue weighted by molar-refractivity contribution is 0.103. The van der Waals surface area contributed by atoms with Crippen molar-refractivity contribution >= 4 is 17.3 Å². The summed E-state index contributed by atoms with van der Waals surface area (Å²) < 4.78 is 13.9. The molecule has 1 aromatic carbocycles. The Kier molecular flexibility index (Phi) is 3.34. The number of methoxy groups -OCH3 is 2. The molecule has 0 unspecified atom stereocenters. The molecule has 1 aromatic heterocycles. The summed E-state index contributed by atoms with van der Waals surface area (Å²) in [5.74, 6) is 0.885. The van der Waals surface area contributed by atoms with E-state index in [0.717, 1.165) is 11.5 Å². The van der Waals surface area contributed by atoms with Crippen molar-refractivity contribution in [3.8, 4) is 11.5 Å². The lowest BCUT2D eigenvalue weighted by Gasteiger charge is -2.08. The molecule has 0 amide bonds. The molecule has 0 spiro atoms. The summed E-state index contributed by atoms with van der Waals surface area (Å²) in [5.41, 5.74) is 0.763. The fourth-order valence-corrected chi connectivity index (χ4v) is 1.82. The van der Waals surface area contributed by atoms with Gasteiger partial charge in [0.1, 0.15) is 17.2 Å². The van der Waals surface area contributed by atoms with Crippen LogP contribution >= 0.6 is 11.5 Å². The first kappa shape index (κ1) is 11.5. The molecule has 0 aliphatic carbocycles. The van der Waals surface area contributed by atoms with E-state index >= 15 is 0 Å². The van der Waals surface area contributed by atoms with E-state index in [0.29, 0.717) is 22.8 Å². The first-order valence-electron chi connectivity index (χ1n) is 4.80. The van der Waals surface area contributed by atoms with Crippen LogP contribution < -0.4 is 9.47 Å². The largest absolute Gasteiger partial charge is 0.497 e. The van der Waals surface area contributed by atoms with E-state index < -0.39 is 0 Å². The van der Waals surface area contributed by atoms with Gasteiger partial charge in [-0.1, -0.05) is 4.49 Å². The van der Waals surface area contributed by atoms with Crippen molar-refractivity contribution in [3.63, 3.8) is 0 Å². The molecular formula is C11H10N2O3S. The summed E-state index contributed by atoms with van der Waals surface area (Å²) in [7, 11) is 3.06. The van der Waals surface area contributed by atoms with Gasteiger partial charge in [0.05, 0.1) is 19.8 Å². The topological polar surface area (TPSA) is 61.3 Å². The van der Waals surface area contributed by atoms with Crippen LogP contribution in [0.3, 0.4) is 0 Å². The van der Waals surface area contributed by atoms with E-state index in [1.54, 1.807) is 30.7 Å². The van der Waals surface area contributed by atoms with Crippen molar-refractivity contribution < 1.29 is 14.3 Å². The highest BCUT2D eigenvalue weighted by atomic mass is 32.1. The van der Waals surface area contributed by atoms with Crippen molar-refractivity contribution in [2.45, 2.75) is 0 Å². The van der Waals surface area contributed by atoms with E-state index in [1.165, 1.54) is 7.11 Å². The van der Waals surface area contributed by atoms with Crippen LogP contribution in [0.25, 0.3) is 0 Å². The van der Waals surface area contributed by atoms with Crippen molar-refractivity contribution in [2.75, 3.05) is 14.2 Å². The number of benzene rings is 1. The molecule has 0 aliphatic heterocycles. The van der Waals surface area contributed by atoms with Crippen molar-refractivity contribution in [1.82, 2.24) is 9.59 Å². The van der Waals surface area contributed by atoms with Crippen molar-refractivity contribution in [1.29, 1.82) is 0 Å². The number of nitrogens with zero attached hydrogens (tertiary/aromatic N) is 2. The Labute approximate surface area is 102 Å². The lowest BCUT2D eigenvalue weighted by Crippen LogP contribution is -2.04. The molecule has 0 bridgehead atoms. The molecule has 0 radical (unpaired) electrons. The molecule has 0 fully saturated rings. The SMILES string of the molecule is COc1ccc(C(=O)c2csnn2)c(OC)c1. The van der Waals surface area contributed by atoms with E-state index in [2.05, 4.69) is 9.59 Å². The quantitative estimate of drug-likeness (QED) is 0.774. The van der Waals surface area contributed by atoms with Gasteiger partial charge in [0.15, 0.2) is 0 Å². The highest BCUT2D eigenvalue weighted by Crippen LogP contribution is 2.26. The Morgan fingerprint density at radius 2 is 2.12 bits per heavy atom. The molecule has 88 valence electrons. The zero-order valence-electron chi connectivity index (χ0n) is 9.34. The van der Waals surface area contributed by atoms with Gasteiger partial charge in [0, 0.05) is 11.4 Å². The summed E-state index contributed by atoms with van der Waals surface area (Å²) >= 11 is 1.14. The first-order chi connectivity index (χ1) is 8.26. The van der Waals surface area contributed by atoms with Gasteiger partial charge in [-0.05, 0) is 23.7 Å². The standard InChI is InChI=1S/C11H10N2O3S/c1-15-7-3-4-8(10(5-7)16-2)11(14)9-6-17-13-12-9/h3-6H,1-2H3. The molecule has 0 saturated heterocycles. The van der Waals surface area contributed by atoms with Gasteiger partial charge in [0.2, 0.25) is 5.78 Å². The summed E-state index contributed by atoms with van der Waals surface area (Å²) in [4.78, 5) is 12.1. The van der Waals surface area contributed by atoms with E-state index in [1.807, 2.05) is 0 Å². The van der Waals surface area contributed by atoms with Crippen LogP contribution in [0.2, 0.25) is 0 Å². The van der Waals surface area contributed by atoms with Gasteiger partial charge in [-0.3, -0.25) is 4.79 Å². The number of ether oxygens (including phenoxy) is 2. The summed E-state index contributed by atoms with van der Waals surface area (Å²) in [5, 5.41) is 5.35. The van der Waals surface area contributed by atoms with Crippen LogP contribution in [-0.2, 0) is 0 Å². The minimum absolute atomic E-state index is 0.210. The predicted octanol–water partition coefficient (Wildman–Crippen LogP) is 1.79. The van der Waals surface area contributed by atoms with Gasteiger partial charge in [-0.25, -0.2) is 0 Å². The molecule has 0 atom stereocenters. The third-order valence-electron chi connectivity index (χ3n) is 2.25. The Morgan fingerprint density at radius 3 is 2.71 bits per heavy atom. The smallest absolute Gasteiger partial charge is 0.217 e. The Hall–Kier alpha value is -1.95. The van der Waals surface area contributed by atoms with Gasteiger partial charge >= 0.3 is 0 Å². The molecular weight excluding hydrogens is 240 g/mol. The first-order valence-corrected chi connectivity index (χ1v) is 5.63. The van der Waals surface area contributed by atoms with Crippen LogP contribution in [0.5, 0.6) is 11.5 Å². The van der Waals surface area contributed by atoms with Crippen LogP contribution in [-0.4, -0.2) is 29.6 Å². The number of aromatic nitrogens is 2. The maximum atomic E-state index is 12.1. The van der Waals surface area contributed by atoms with Gasteiger partial charge < -0.3 is 9.47 Å². The molecule has 5 nitrogen and oxygen atoms in total. The van der Waals surface area contributed by atoms with E-state index in [9.17, 15) is 4.79 Å².